The SMILES string of the molecule is N=[N+]=N.O.O.[Mn]. The molecule has 0 aromatic carbocycles. The summed E-state index contributed by atoms with van der Waals surface area (Å²) < 4.78 is 0. The minimum absolute atomic E-state index is 0. The summed E-state index contributed by atoms with van der Waals surface area (Å²) in [4.78, 5) is 2.00. The molecule has 0 saturated heterocycles. The van der Waals surface area contributed by atoms with Crippen molar-refractivity contribution in [2.75, 3.05) is 0 Å². The average Bonchev–Trinajstić information content (AvgIpc) is 0.918. The van der Waals surface area contributed by atoms with Crippen molar-refractivity contribution in [2.24, 2.45) is 0 Å². The van der Waals surface area contributed by atoms with E-state index in [1.165, 1.54) is 0 Å². The van der Waals surface area contributed by atoms with Gasteiger partial charge < -0.3 is 11.0 Å². The smallest absolute Gasteiger partial charge is 0.211 e. The third kappa shape index (κ3) is 452. The van der Waals surface area contributed by atoms with Crippen LogP contribution in [-0.4, -0.2) is 11.0 Å². The van der Waals surface area contributed by atoms with Crippen LogP contribution in [0, 0.1) is 11.1 Å². The fraction of sp³-hybridized carbons (Fsp3) is 0. The van der Waals surface area contributed by atoms with Crippen molar-refractivity contribution in [3.8, 4) is 0 Å². The molecule has 0 amide bonds. The monoisotopic (exact) mass is 135 g/mol. The van der Waals surface area contributed by atoms with Crippen molar-refractivity contribution >= 4 is 0 Å². The molecule has 6 N–H and O–H groups in total. The molecule has 0 saturated carbocycles. The molecule has 0 aliphatic heterocycles. The summed E-state index contributed by atoms with van der Waals surface area (Å²) in [6, 6.07) is 0. The number of hydrogen-bond acceptors (Lipinski definition) is 2. The first-order valence-electron chi connectivity index (χ1n) is 0.447. The second-order valence-electron chi connectivity index (χ2n) is 0.112. The Morgan fingerprint density at radius 2 is 1.00 bits per heavy atom. The Bertz CT molecular complexity index is 29.8. The summed E-state index contributed by atoms with van der Waals surface area (Å²) in [5.74, 6) is 0. The molecule has 6 heavy (non-hydrogen) atoms. The van der Waals surface area contributed by atoms with Crippen LogP contribution < -0.4 is 4.91 Å². The van der Waals surface area contributed by atoms with Crippen LogP contribution in [0.15, 0.2) is 0 Å². The molecule has 0 rings (SSSR count). The van der Waals surface area contributed by atoms with E-state index < -0.39 is 0 Å². The number of hydrogen-bond donors (Lipinski definition) is 2. The zero-order valence-electron chi connectivity index (χ0n) is 2.83. The summed E-state index contributed by atoms with van der Waals surface area (Å²) in [6.45, 7) is 0. The fourth-order valence-corrected chi connectivity index (χ4v) is 0. The van der Waals surface area contributed by atoms with E-state index in [1.54, 1.807) is 0 Å². The molecule has 1 radical (unpaired) electrons. The van der Waals surface area contributed by atoms with Crippen molar-refractivity contribution in [3.05, 3.63) is 0 Å². The normalized spacial score (nSPS) is 1.33. The number of nitrogens with one attached hydrogen (secondary N) is 2. The molecule has 0 unspecified atom stereocenters. The third-order valence-corrected chi connectivity index (χ3v) is 0. The second kappa shape index (κ2) is 119. The zero-order chi connectivity index (χ0) is 2.71. The van der Waals surface area contributed by atoms with E-state index in [0.717, 1.165) is 0 Å². The standard InChI is InChI=1S/Mn.H2N3.2H2O/c;1-3-2;;/h;1-2H;2*1H2/q;+1;;. The first-order chi connectivity index (χ1) is 1.41. The van der Waals surface area contributed by atoms with Gasteiger partial charge in [-0.15, -0.1) is 0 Å². The Balaban J connectivity index is -0.00000000667. The van der Waals surface area contributed by atoms with E-state index in [1.807, 2.05) is 4.91 Å². The van der Waals surface area contributed by atoms with Crippen molar-refractivity contribution in [1.82, 2.24) is 4.91 Å². The average molecular weight is 135 g/mol. The Labute approximate surface area is 44.9 Å². The van der Waals surface area contributed by atoms with Gasteiger partial charge in [-0.05, 0) is 0 Å². The van der Waals surface area contributed by atoms with E-state index in [-0.39, 0.29) is 28.0 Å². The van der Waals surface area contributed by atoms with Gasteiger partial charge in [0.05, 0.1) is 0 Å². The van der Waals surface area contributed by atoms with Gasteiger partial charge >= 0.3 is 0 Å². The van der Waals surface area contributed by atoms with Crippen molar-refractivity contribution in [1.29, 1.82) is 11.1 Å². The largest absolute Gasteiger partial charge is 0.412 e. The van der Waals surface area contributed by atoms with E-state index in [9.17, 15) is 0 Å². The summed E-state index contributed by atoms with van der Waals surface area (Å²) in [5.41, 5.74) is 11.0. The van der Waals surface area contributed by atoms with Crippen LogP contribution in [0.5, 0.6) is 0 Å². The maximum absolute atomic E-state index is 5.50. The molecule has 0 bridgehead atoms. The molecule has 0 aromatic heterocycles. The quantitative estimate of drug-likeness (QED) is 0.227. The van der Waals surface area contributed by atoms with Gasteiger partial charge in [-0.2, -0.15) is 0 Å². The first-order valence-corrected chi connectivity index (χ1v) is 0.447. The predicted molar refractivity (Wildman–Crippen MR) is 14.8 cm³/mol. The van der Waals surface area contributed by atoms with Crippen LogP contribution in [0.3, 0.4) is 0 Å². The Morgan fingerprint density at radius 1 is 1.00 bits per heavy atom. The number of nitrogens with zero attached hydrogens (tertiary/aromatic N) is 1. The molecule has 0 atom stereocenters. The molecule has 39 valence electrons. The summed E-state index contributed by atoms with van der Waals surface area (Å²) in [6.07, 6.45) is 0. The van der Waals surface area contributed by atoms with Crippen LogP contribution in [0.4, 0.5) is 0 Å². The zero-order valence-corrected chi connectivity index (χ0v) is 4.01. The van der Waals surface area contributed by atoms with Crippen molar-refractivity contribution in [3.63, 3.8) is 0 Å². The van der Waals surface area contributed by atoms with Gasteiger partial charge in [0.25, 0.3) is 0 Å². The molecule has 0 aliphatic carbocycles. The van der Waals surface area contributed by atoms with Gasteiger partial charge in [0, 0.05) is 17.1 Å². The molecular weight excluding hydrogens is 129 g/mol. The molecular formula is H6MnN3O2+. The third-order valence-electron chi connectivity index (χ3n) is 0. The maximum Gasteiger partial charge on any atom is 0.211 e. The van der Waals surface area contributed by atoms with Gasteiger partial charge in [0.15, 0.2) is 0 Å². The van der Waals surface area contributed by atoms with Crippen LogP contribution in [0.1, 0.15) is 0 Å². The maximum atomic E-state index is 5.50. The minimum atomic E-state index is 0. The molecule has 6 heteroatoms. The molecule has 0 fully saturated rings. The molecule has 0 spiro atoms. The van der Waals surface area contributed by atoms with E-state index in [0.29, 0.717) is 0 Å². The van der Waals surface area contributed by atoms with Gasteiger partial charge in [-0.25, -0.2) is 0 Å². The van der Waals surface area contributed by atoms with Crippen LogP contribution >= 0.6 is 0 Å². The van der Waals surface area contributed by atoms with Gasteiger partial charge in [-0.1, -0.05) is 0 Å². The Morgan fingerprint density at radius 3 is 1.00 bits per heavy atom. The van der Waals surface area contributed by atoms with Gasteiger partial charge in [0.2, 0.25) is 4.91 Å². The Hall–Kier alpha value is -0.251. The second-order valence-corrected chi connectivity index (χ2v) is 0.112. The summed E-state index contributed by atoms with van der Waals surface area (Å²) >= 11 is 0. The summed E-state index contributed by atoms with van der Waals surface area (Å²) in [7, 11) is 0. The minimum Gasteiger partial charge on any atom is -0.412 e. The first kappa shape index (κ1) is 42.4. The van der Waals surface area contributed by atoms with Crippen molar-refractivity contribution < 1.29 is 28.0 Å². The number of rotatable bonds is 0. The Kier molecular flexibility index (Phi) is 839. The van der Waals surface area contributed by atoms with E-state index >= 15 is 0 Å². The van der Waals surface area contributed by atoms with Crippen molar-refractivity contribution in [2.45, 2.75) is 0 Å². The molecule has 0 aliphatic rings. The van der Waals surface area contributed by atoms with Crippen LogP contribution in [-0.2, 0) is 17.1 Å². The molecule has 0 heterocycles. The molecule has 0 aromatic rings. The van der Waals surface area contributed by atoms with Crippen LogP contribution in [0.25, 0.3) is 0 Å². The van der Waals surface area contributed by atoms with E-state index in [2.05, 4.69) is 0 Å². The van der Waals surface area contributed by atoms with Gasteiger partial charge in [0.1, 0.15) is 11.1 Å². The van der Waals surface area contributed by atoms with Gasteiger partial charge in [-0.3, -0.25) is 0 Å². The molecule has 5 nitrogen and oxygen atoms in total. The fourth-order valence-electron chi connectivity index (χ4n) is 0. The topological polar surface area (TPSA) is 125 Å². The van der Waals surface area contributed by atoms with Crippen LogP contribution in [0.2, 0.25) is 0 Å². The van der Waals surface area contributed by atoms with E-state index in [4.69, 9.17) is 11.1 Å². The summed E-state index contributed by atoms with van der Waals surface area (Å²) in [5, 5.41) is 0. The predicted octanol–water partition coefficient (Wildman–Crippen LogP) is -1.54.